The molecule has 4 aliphatic carbocycles. The van der Waals surface area contributed by atoms with Crippen LogP contribution in [0.5, 0.6) is 11.5 Å². The van der Waals surface area contributed by atoms with Gasteiger partial charge in [-0.2, -0.15) is 0 Å². The van der Waals surface area contributed by atoms with E-state index in [-0.39, 0.29) is 22.8 Å². The van der Waals surface area contributed by atoms with Crippen molar-refractivity contribution in [2.45, 2.75) is 64.2 Å². The second kappa shape index (κ2) is 6.57. The number of carbonyl (C=O) groups is 2. The van der Waals surface area contributed by atoms with E-state index in [0.717, 1.165) is 75.0 Å². The van der Waals surface area contributed by atoms with Crippen LogP contribution in [0.4, 0.5) is 0 Å². The average molecular weight is 405 g/mol. The second-order valence-electron chi connectivity index (χ2n) is 10.3. The lowest BCUT2D eigenvalue weighted by Crippen LogP contribution is -2.30. The van der Waals surface area contributed by atoms with Crippen LogP contribution in [-0.4, -0.2) is 11.9 Å². The Morgan fingerprint density at radius 3 is 1.40 bits per heavy atom. The Morgan fingerprint density at radius 2 is 1.07 bits per heavy atom. The molecule has 0 heterocycles. The Balaban J connectivity index is 1.18. The smallest absolute Gasteiger partial charge is 0.317 e. The predicted molar refractivity (Wildman–Crippen MR) is 113 cm³/mol. The van der Waals surface area contributed by atoms with Crippen molar-refractivity contribution in [3.8, 4) is 11.5 Å². The molecule has 0 N–H and O–H groups in total. The van der Waals surface area contributed by atoms with Gasteiger partial charge in [0.25, 0.3) is 0 Å². The van der Waals surface area contributed by atoms with Crippen LogP contribution in [-0.2, 0) is 9.59 Å². The Hall–Kier alpha value is -2.36. The predicted octanol–water partition coefficient (Wildman–Crippen LogP) is 5.81. The van der Waals surface area contributed by atoms with Gasteiger partial charge in [0.1, 0.15) is 11.5 Å². The molecule has 156 valence electrons. The lowest BCUT2D eigenvalue weighted by atomic mass is 9.84. The number of ether oxygens (including phenoxy) is 2. The van der Waals surface area contributed by atoms with Gasteiger partial charge < -0.3 is 9.47 Å². The first kappa shape index (κ1) is 18.4. The summed E-state index contributed by atoms with van der Waals surface area (Å²) in [7, 11) is 0. The summed E-state index contributed by atoms with van der Waals surface area (Å²) in [5, 5.41) is 1.96. The van der Waals surface area contributed by atoms with Gasteiger partial charge in [0.05, 0.1) is 10.8 Å². The molecule has 0 aliphatic heterocycles. The summed E-state index contributed by atoms with van der Waals surface area (Å²) in [4.78, 5) is 25.6. The third kappa shape index (κ3) is 2.87. The molecule has 0 aromatic heterocycles. The van der Waals surface area contributed by atoms with E-state index < -0.39 is 0 Å². The molecule has 4 fully saturated rings. The normalized spacial score (nSPS) is 33.9. The molecule has 4 heteroatoms. The summed E-state index contributed by atoms with van der Waals surface area (Å²) in [6.45, 7) is 0. The van der Waals surface area contributed by atoms with Crippen LogP contribution < -0.4 is 9.47 Å². The molecule has 0 unspecified atom stereocenters. The number of benzene rings is 2. The van der Waals surface area contributed by atoms with E-state index >= 15 is 0 Å². The van der Waals surface area contributed by atoms with Crippen molar-refractivity contribution in [1.29, 1.82) is 0 Å². The summed E-state index contributed by atoms with van der Waals surface area (Å²) in [5.74, 6) is 2.52. The maximum Gasteiger partial charge on any atom is 0.317 e. The van der Waals surface area contributed by atoms with Crippen LogP contribution in [0.15, 0.2) is 36.4 Å². The number of hydrogen-bond acceptors (Lipinski definition) is 4. The molecule has 0 atom stereocenters. The van der Waals surface area contributed by atoms with Crippen molar-refractivity contribution < 1.29 is 19.1 Å². The Bertz CT molecular complexity index is 939. The zero-order valence-corrected chi connectivity index (χ0v) is 17.3. The SMILES string of the molecule is O=C(Oc1ccc2cc(OC(=O)C34CCC(CC3)C4)ccc2c1)C12CCC(CC1)C2. The van der Waals surface area contributed by atoms with E-state index in [9.17, 15) is 9.59 Å². The number of rotatable bonds is 4. The molecule has 30 heavy (non-hydrogen) atoms. The van der Waals surface area contributed by atoms with Gasteiger partial charge in [-0.15, -0.1) is 0 Å². The van der Waals surface area contributed by atoms with Crippen LogP contribution in [0.1, 0.15) is 64.2 Å². The van der Waals surface area contributed by atoms with Crippen molar-refractivity contribution in [2.75, 3.05) is 0 Å². The van der Waals surface area contributed by atoms with Gasteiger partial charge in [0.2, 0.25) is 0 Å². The third-order valence-electron chi connectivity index (χ3n) is 8.55. The minimum absolute atomic E-state index is 0.0573. The minimum Gasteiger partial charge on any atom is -0.426 e. The van der Waals surface area contributed by atoms with Gasteiger partial charge in [0, 0.05) is 0 Å². The fourth-order valence-electron chi connectivity index (χ4n) is 6.72. The first-order valence-corrected chi connectivity index (χ1v) is 11.5. The van der Waals surface area contributed by atoms with Crippen LogP contribution in [0.2, 0.25) is 0 Å². The maximum atomic E-state index is 12.8. The summed E-state index contributed by atoms with van der Waals surface area (Å²) in [6.07, 6.45) is 10.5. The molecule has 4 nitrogen and oxygen atoms in total. The molecule has 0 amide bonds. The van der Waals surface area contributed by atoms with Crippen molar-refractivity contribution in [3.63, 3.8) is 0 Å². The maximum absolute atomic E-state index is 12.8. The van der Waals surface area contributed by atoms with Crippen LogP contribution in [0, 0.1) is 22.7 Å². The number of fused-ring (bicyclic) bond motifs is 5. The van der Waals surface area contributed by atoms with E-state index in [1.165, 1.54) is 0 Å². The van der Waals surface area contributed by atoms with Gasteiger partial charge in [-0.25, -0.2) is 0 Å². The standard InChI is InChI=1S/C26H28O4/c27-23(25-9-5-17(15-25)6-10-25)29-21-3-1-19-13-22(4-2-20(19)14-21)30-24(28)26-11-7-18(16-26)8-12-26/h1-4,13-14,17-18H,5-12,15-16H2. The van der Waals surface area contributed by atoms with Gasteiger partial charge >= 0.3 is 11.9 Å². The summed E-state index contributed by atoms with van der Waals surface area (Å²) in [5.41, 5.74) is -0.479. The number of hydrogen-bond donors (Lipinski definition) is 0. The van der Waals surface area contributed by atoms with E-state index in [1.807, 2.05) is 36.4 Å². The third-order valence-corrected chi connectivity index (χ3v) is 8.55. The Kier molecular flexibility index (Phi) is 4.03. The fraction of sp³-hybridized carbons (Fsp3) is 0.538. The number of esters is 2. The van der Waals surface area contributed by atoms with Gasteiger partial charge in [0.15, 0.2) is 0 Å². The lowest BCUT2D eigenvalue weighted by Gasteiger charge is -2.24. The molecule has 2 aromatic rings. The Labute approximate surface area is 176 Å². The first-order chi connectivity index (χ1) is 14.5. The molecule has 2 aromatic carbocycles. The lowest BCUT2D eigenvalue weighted by molar-refractivity contribution is -0.146. The zero-order valence-electron chi connectivity index (χ0n) is 17.3. The van der Waals surface area contributed by atoms with Gasteiger partial charge in [-0.3, -0.25) is 9.59 Å². The van der Waals surface area contributed by atoms with Crippen LogP contribution >= 0.6 is 0 Å². The van der Waals surface area contributed by atoms with Crippen molar-refractivity contribution in [3.05, 3.63) is 36.4 Å². The molecular formula is C26H28O4. The molecule has 0 saturated heterocycles. The Morgan fingerprint density at radius 1 is 0.667 bits per heavy atom. The monoisotopic (exact) mass is 404 g/mol. The van der Waals surface area contributed by atoms with Crippen molar-refractivity contribution in [1.82, 2.24) is 0 Å². The second-order valence-corrected chi connectivity index (χ2v) is 10.3. The van der Waals surface area contributed by atoms with E-state index in [2.05, 4.69) is 0 Å². The summed E-state index contributed by atoms with van der Waals surface area (Å²) >= 11 is 0. The first-order valence-electron chi connectivity index (χ1n) is 11.5. The quantitative estimate of drug-likeness (QED) is 0.476. The molecule has 6 rings (SSSR count). The molecule has 4 saturated carbocycles. The van der Waals surface area contributed by atoms with Crippen LogP contribution in [0.25, 0.3) is 10.8 Å². The molecular weight excluding hydrogens is 376 g/mol. The zero-order chi connectivity index (χ0) is 20.3. The van der Waals surface area contributed by atoms with Gasteiger partial charge in [-0.1, -0.05) is 12.1 Å². The summed E-state index contributed by atoms with van der Waals surface area (Å²) < 4.78 is 11.6. The van der Waals surface area contributed by atoms with E-state index in [0.29, 0.717) is 23.3 Å². The minimum atomic E-state index is -0.239. The highest BCUT2D eigenvalue weighted by Gasteiger charge is 2.52. The summed E-state index contributed by atoms with van der Waals surface area (Å²) in [6, 6.07) is 11.4. The molecule has 0 spiro atoms. The highest BCUT2D eigenvalue weighted by atomic mass is 16.5. The largest absolute Gasteiger partial charge is 0.426 e. The van der Waals surface area contributed by atoms with E-state index in [4.69, 9.17) is 9.47 Å². The van der Waals surface area contributed by atoms with E-state index in [1.54, 1.807) is 0 Å². The number of carbonyl (C=O) groups excluding carboxylic acids is 2. The highest BCUT2D eigenvalue weighted by molar-refractivity contribution is 5.88. The van der Waals surface area contributed by atoms with Crippen molar-refractivity contribution in [2.24, 2.45) is 22.7 Å². The average Bonchev–Trinajstić information content (AvgIpc) is 3.55. The fourth-order valence-corrected chi connectivity index (χ4v) is 6.72. The molecule has 4 bridgehead atoms. The van der Waals surface area contributed by atoms with Gasteiger partial charge in [-0.05, 0) is 111 Å². The van der Waals surface area contributed by atoms with Crippen LogP contribution in [0.3, 0.4) is 0 Å². The topological polar surface area (TPSA) is 52.6 Å². The molecule has 4 aliphatic rings. The van der Waals surface area contributed by atoms with Crippen molar-refractivity contribution >= 4 is 22.7 Å². The highest BCUT2D eigenvalue weighted by Crippen LogP contribution is 2.55. The molecule has 0 radical (unpaired) electrons.